The van der Waals surface area contributed by atoms with Crippen molar-refractivity contribution < 1.29 is 4.39 Å². The summed E-state index contributed by atoms with van der Waals surface area (Å²) in [6.45, 7) is 0. The summed E-state index contributed by atoms with van der Waals surface area (Å²) in [5, 5.41) is 4.82. The molecule has 1 aliphatic rings. The van der Waals surface area contributed by atoms with Gasteiger partial charge in [0.05, 0.1) is 11.4 Å². The summed E-state index contributed by atoms with van der Waals surface area (Å²) in [5.74, 6) is -0.487. The van der Waals surface area contributed by atoms with Crippen LogP contribution in [0.4, 0.5) is 4.39 Å². The van der Waals surface area contributed by atoms with Crippen LogP contribution >= 0.6 is 27.5 Å². The second-order valence-corrected chi connectivity index (χ2v) is 4.70. The van der Waals surface area contributed by atoms with E-state index < -0.39 is 5.82 Å². The van der Waals surface area contributed by atoms with Crippen molar-refractivity contribution in [3.8, 4) is 0 Å². The Morgan fingerprint density at radius 3 is 2.93 bits per heavy atom. The minimum Gasteiger partial charge on any atom is -0.257 e. The summed E-state index contributed by atoms with van der Waals surface area (Å²) < 4.78 is 16.1. The summed E-state index contributed by atoms with van der Waals surface area (Å²) in [5.41, 5.74) is 0.448. The minimum atomic E-state index is -0.487. The van der Waals surface area contributed by atoms with Gasteiger partial charge in [-0.1, -0.05) is 11.6 Å². The van der Waals surface area contributed by atoms with E-state index in [-0.39, 0.29) is 5.15 Å². The Balaban J connectivity index is 2.40. The molecule has 0 bridgehead atoms. The Hall–Kier alpha value is -0.680. The maximum atomic E-state index is 13.8. The highest BCUT2D eigenvalue weighted by atomic mass is 79.9. The van der Waals surface area contributed by atoms with Gasteiger partial charge in [-0.15, -0.1) is 0 Å². The number of rotatable bonds is 1. The van der Waals surface area contributed by atoms with Crippen LogP contribution in [0.1, 0.15) is 18.9 Å². The molecule has 0 radical (unpaired) electrons. The lowest BCUT2D eigenvalue weighted by Crippen LogP contribution is -1.98. The lowest BCUT2D eigenvalue weighted by molar-refractivity contribution is 0.599. The molecular weight excluding hydrogens is 284 g/mol. The van der Waals surface area contributed by atoms with Gasteiger partial charge >= 0.3 is 0 Å². The Morgan fingerprint density at radius 2 is 2.27 bits per heavy atom. The summed E-state index contributed by atoms with van der Waals surface area (Å²) >= 11 is 8.94. The molecule has 0 saturated heterocycles. The molecular formula is C9H6BrClFN3. The predicted molar refractivity (Wildman–Crippen MR) is 58.5 cm³/mol. The van der Waals surface area contributed by atoms with Crippen LogP contribution < -0.4 is 0 Å². The minimum absolute atomic E-state index is 0.100. The molecule has 0 atom stereocenters. The molecule has 0 N–H and O–H groups in total. The van der Waals surface area contributed by atoms with Gasteiger partial charge in [-0.3, -0.25) is 4.68 Å². The monoisotopic (exact) mass is 289 g/mol. The maximum absolute atomic E-state index is 13.8. The average Bonchev–Trinajstić information content (AvgIpc) is 2.98. The Bertz CT molecular complexity index is 550. The number of nitrogens with zero attached hydrogens (tertiary/aromatic N) is 3. The fraction of sp³-hybridized carbons (Fsp3) is 0.333. The van der Waals surface area contributed by atoms with Crippen LogP contribution in [-0.2, 0) is 0 Å². The van der Waals surface area contributed by atoms with E-state index in [1.165, 1.54) is 6.20 Å². The number of aromatic nitrogens is 3. The fourth-order valence-corrected chi connectivity index (χ4v) is 2.21. The highest BCUT2D eigenvalue weighted by molar-refractivity contribution is 9.10. The van der Waals surface area contributed by atoms with E-state index in [0.717, 1.165) is 12.8 Å². The molecule has 78 valence electrons. The number of pyridine rings is 1. The Labute approximate surface area is 98.4 Å². The van der Waals surface area contributed by atoms with Crippen molar-refractivity contribution in [2.45, 2.75) is 18.9 Å². The third-order valence-electron chi connectivity index (χ3n) is 2.49. The zero-order chi connectivity index (χ0) is 10.6. The molecule has 1 saturated carbocycles. The summed E-state index contributed by atoms with van der Waals surface area (Å²) in [4.78, 5) is 3.77. The van der Waals surface area contributed by atoms with Gasteiger partial charge < -0.3 is 0 Å². The Kier molecular flexibility index (Phi) is 2.01. The van der Waals surface area contributed by atoms with E-state index in [4.69, 9.17) is 11.6 Å². The molecule has 0 aromatic carbocycles. The fourth-order valence-electron chi connectivity index (χ4n) is 1.61. The maximum Gasteiger partial charge on any atom is 0.186 e. The normalized spacial score (nSPS) is 16.2. The van der Waals surface area contributed by atoms with E-state index in [0.29, 0.717) is 21.5 Å². The molecule has 0 spiro atoms. The molecule has 2 aromatic heterocycles. The van der Waals surface area contributed by atoms with Crippen molar-refractivity contribution in [3.63, 3.8) is 0 Å². The molecule has 2 aromatic rings. The van der Waals surface area contributed by atoms with Crippen LogP contribution in [0, 0.1) is 5.82 Å². The number of hydrogen-bond donors (Lipinski definition) is 0. The molecule has 1 fully saturated rings. The van der Waals surface area contributed by atoms with Gasteiger partial charge in [0.1, 0.15) is 10.1 Å². The van der Waals surface area contributed by atoms with E-state index in [2.05, 4.69) is 26.0 Å². The quantitative estimate of drug-likeness (QED) is 0.754. The predicted octanol–water partition coefficient (Wildman–Crippen LogP) is 3.32. The smallest absolute Gasteiger partial charge is 0.186 e. The van der Waals surface area contributed by atoms with Crippen LogP contribution in [0.15, 0.2) is 10.8 Å². The van der Waals surface area contributed by atoms with Gasteiger partial charge in [0, 0.05) is 6.20 Å². The number of fused-ring (bicyclic) bond motifs is 1. The van der Waals surface area contributed by atoms with Crippen molar-refractivity contribution in [1.29, 1.82) is 0 Å². The van der Waals surface area contributed by atoms with Crippen molar-refractivity contribution in [2.24, 2.45) is 0 Å². The highest BCUT2D eigenvalue weighted by Gasteiger charge is 2.29. The van der Waals surface area contributed by atoms with Gasteiger partial charge in [0.15, 0.2) is 11.0 Å². The van der Waals surface area contributed by atoms with Crippen LogP contribution in [0.3, 0.4) is 0 Å². The van der Waals surface area contributed by atoms with Crippen LogP contribution in [0.25, 0.3) is 10.9 Å². The summed E-state index contributed by atoms with van der Waals surface area (Å²) in [7, 11) is 0. The average molecular weight is 291 g/mol. The molecule has 0 aliphatic heterocycles. The molecule has 1 aliphatic carbocycles. The summed E-state index contributed by atoms with van der Waals surface area (Å²) in [6.07, 6.45) is 3.63. The van der Waals surface area contributed by atoms with E-state index in [1.54, 1.807) is 4.68 Å². The van der Waals surface area contributed by atoms with Gasteiger partial charge in [0.25, 0.3) is 0 Å². The van der Waals surface area contributed by atoms with Crippen molar-refractivity contribution in [2.75, 3.05) is 0 Å². The third-order valence-corrected chi connectivity index (χ3v) is 3.34. The second-order valence-electron chi connectivity index (χ2n) is 3.59. The van der Waals surface area contributed by atoms with Crippen LogP contribution in [0.5, 0.6) is 0 Å². The lowest BCUT2D eigenvalue weighted by Gasteiger charge is -2.01. The van der Waals surface area contributed by atoms with Crippen molar-refractivity contribution in [1.82, 2.24) is 14.8 Å². The third kappa shape index (κ3) is 1.37. The van der Waals surface area contributed by atoms with Crippen molar-refractivity contribution >= 4 is 38.4 Å². The lowest BCUT2D eigenvalue weighted by atomic mass is 10.3. The highest BCUT2D eigenvalue weighted by Crippen LogP contribution is 2.39. The zero-order valence-corrected chi connectivity index (χ0v) is 9.89. The first-order valence-corrected chi connectivity index (χ1v) is 5.73. The first-order valence-electron chi connectivity index (χ1n) is 4.56. The summed E-state index contributed by atoms with van der Waals surface area (Å²) in [6, 6.07) is 0.312. The van der Waals surface area contributed by atoms with Crippen LogP contribution in [0.2, 0.25) is 5.15 Å². The SMILES string of the molecule is Fc1c(Cl)ncc2c(Br)nn(C3CC3)c12. The van der Waals surface area contributed by atoms with E-state index in [1.807, 2.05) is 0 Å². The zero-order valence-electron chi connectivity index (χ0n) is 7.54. The molecule has 0 unspecified atom stereocenters. The number of hydrogen-bond acceptors (Lipinski definition) is 2. The topological polar surface area (TPSA) is 30.7 Å². The molecule has 2 heterocycles. The molecule has 0 amide bonds. The van der Waals surface area contributed by atoms with Gasteiger partial charge in [-0.25, -0.2) is 9.37 Å². The first kappa shape index (κ1) is 9.54. The van der Waals surface area contributed by atoms with E-state index >= 15 is 0 Å². The number of halogens is 3. The van der Waals surface area contributed by atoms with Gasteiger partial charge in [-0.2, -0.15) is 5.10 Å². The van der Waals surface area contributed by atoms with Gasteiger partial charge in [0.2, 0.25) is 0 Å². The Morgan fingerprint density at radius 1 is 1.53 bits per heavy atom. The van der Waals surface area contributed by atoms with E-state index in [9.17, 15) is 4.39 Å². The largest absolute Gasteiger partial charge is 0.257 e. The first-order chi connectivity index (χ1) is 7.18. The van der Waals surface area contributed by atoms with Crippen LogP contribution in [-0.4, -0.2) is 14.8 Å². The van der Waals surface area contributed by atoms with Gasteiger partial charge in [-0.05, 0) is 28.8 Å². The molecule has 15 heavy (non-hydrogen) atoms. The molecule has 3 nitrogen and oxygen atoms in total. The molecule has 6 heteroatoms. The second kappa shape index (κ2) is 3.15. The molecule has 3 rings (SSSR count). The standard InChI is InChI=1S/C9H6BrClFN3/c10-8-5-3-13-9(11)6(12)7(5)15(14-8)4-1-2-4/h3-4H,1-2H2. The van der Waals surface area contributed by atoms with Crippen molar-refractivity contribution in [3.05, 3.63) is 21.8 Å².